The van der Waals surface area contributed by atoms with E-state index in [1.165, 1.54) is 15.6 Å². The van der Waals surface area contributed by atoms with Gasteiger partial charge in [0.25, 0.3) is 10.2 Å². The highest BCUT2D eigenvalue weighted by Crippen LogP contribution is 2.19. The first-order valence-electron chi connectivity index (χ1n) is 5.76. The van der Waals surface area contributed by atoms with Crippen LogP contribution in [0.3, 0.4) is 0 Å². The molecule has 0 radical (unpaired) electrons. The molecule has 1 saturated heterocycles. The molecule has 1 aromatic rings. The third-order valence-corrected chi connectivity index (χ3v) is 5.48. The number of nitrogens with one attached hydrogen (secondary N) is 1. The van der Waals surface area contributed by atoms with Crippen LogP contribution >= 0.6 is 11.3 Å². The Morgan fingerprint density at radius 1 is 1.50 bits per heavy atom. The molecule has 1 atom stereocenters. The molecule has 1 fully saturated rings. The predicted octanol–water partition coefficient (Wildman–Crippen LogP) is 0.679. The van der Waals surface area contributed by atoms with E-state index in [1.54, 1.807) is 6.92 Å². The Balaban J connectivity index is 2.03. The van der Waals surface area contributed by atoms with Crippen LogP contribution < -0.4 is 4.72 Å². The highest BCUT2D eigenvalue weighted by molar-refractivity contribution is 7.87. The standard InChI is InChI=1S/C10H17N3O3S2/c1-8-7-17-10(11-8)9(2)12-18(14,15)13-3-5-16-6-4-13/h7,9,12H,3-6H2,1-2H3/t9-/m0/s1. The number of rotatable bonds is 4. The fourth-order valence-corrected chi connectivity index (χ4v) is 3.92. The van der Waals surface area contributed by atoms with E-state index in [9.17, 15) is 8.42 Å². The maximum absolute atomic E-state index is 12.1. The fourth-order valence-electron chi connectivity index (χ4n) is 1.71. The van der Waals surface area contributed by atoms with E-state index in [2.05, 4.69) is 9.71 Å². The maximum Gasteiger partial charge on any atom is 0.280 e. The van der Waals surface area contributed by atoms with E-state index in [4.69, 9.17) is 4.74 Å². The molecule has 2 rings (SSSR count). The number of nitrogens with zero attached hydrogens (tertiary/aromatic N) is 2. The first-order chi connectivity index (χ1) is 8.49. The van der Waals surface area contributed by atoms with Crippen LogP contribution in [0.25, 0.3) is 0 Å². The SMILES string of the molecule is Cc1csc([C@H](C)NS(=O)(=O)N2CCOCC2)n1. The second kappa shape index (κ2) is 5.62. The lowest BCUT2D eigenvalue weighted by Gasteiger charge is -2.27. The molecular weight excluding hydrogens is 274 g/mol. The molecule has 1 aromatic heterocycles. The summed E-state index contributed by atoms with van der Waals surface area (Å²) in [4.78, 5) is 4.29. The van der Waals surface area contributed by atoms with Crippen LogP contribution in [-0.4, -0.2) is 44.0 Å². The van der Waals surface area contributed by atoms with Crippen molar-refractivity contribution in [1.29, 1.82) is 0 Å². The molecular formula is C10H17N3O3S2. The van der Waals surface area contributed by atoms with Gasteiger partial charge >= 0.3 is 0 Å². The highest BCUT2D eigenvalue weighted by atomic mass is 32.2. The zero-order chi connectivity index (χ0) is 13.2. The van der Waals surface area contributed by atoms with E-state index < -0.39 is 10.2 Å². The summed E-state index contributed by atoms with van der Waals surface area (Å²) in [5.41, 5.74) is 0.910. The van der Waals surface area contributed by atoms with Crippen molar-refractivity contribution in [2.75, 3.05) is 26.3 Å². The summed E-state index contributed by atoms with van der Waals surface area (Å²) in [6.07, 6.45) is 0. The van der Waals surface area contributed by atoms with Crippen LogP contribution in [0.1, 0.15) is 23.7 Å². The summed E-state index contributed by atoms with van der Waals surface area (Å²) in [6.45, 7) is 5.40. The second-order valence-electron chi connectivity index (χ2n) is 4.18. The number of ether oxygens (including phenoxy) is 1. The average molecular weight is 291 g/mol. The summed E-state index contributed by atoms with van der Waals surface area (Å²) in [5.74, 6) is 0. The van der Waals surface area contributed by atoms with Gasteiger partial charge in [0, 0.05) is 24.2 Å². The van der Waals surface area contributed by atoms with Crippen LogP contribution in [-0.2, 0) is 14.9 Å². The fraction of sp³-hybridized carbons (Fsp3) is 0.700. The van der Waals surface area contributed by atoms with Gasteiger partial charge in [-0.1, -0.05) is 0 Å². The summed E-state index contributed by atoms with van der Waals surface area (Å²) in [6, 6.07) is -0.309. The Morgan fingerprint density at radius 2 is 2.17 bits per heavy atom. The Kier molecular flexibility index (Phi) is 4.33. The molecule has 0 amide bonds. The monoisotopic (exact) mass is 291 g/mol. The van der Waals surface area contributed by atoms with Gasteiger partial charge in [-0.3, -0.25) is 0 Å². The lowest BCUT2D eigenvalue weighted by Crippen LogP contribution is -2.47. The summed E-state index contributed by atoms with van der Waals surface area (Å²) in [7, 11) is -3.45. The zero-order valence-corrected chi connectivity index (χ0v) is 12.1. The normalized spacial score (nSPS) is 19.9. The van der Waals surface area contributed by atoms with Crippen molar-refractivity contribution in [3.05, 3.63) is 16.1 Å². The number of thiazole rings is 1. The minimum Gasteiger partial charge on any atom is -0.379 e. The van der Waals surface area contributed by atoms with E-state index in [-0.39, 0.29) is 6.04 Å². The molecule has 0 unspecified atom stereocenters. The van der Waals surface area contributed by atoms with Gasteiger partial charge in [-0.25, -0.2) is 4.98 Å². The molecule has 102 valence electrons. The van der Waals surface area contributed by atoms with Gasteiger partial charge in [-0.2, -0.15) is 17.4 Å². The molecule has 0 bridgehead atoms. The van der Waals surface area contributed by atoms with Crippen LogP contribution in [0, 0.1) is 6.92 Å². The third kappa shape index (κ3) is 3.27. The topological polar surface area (TPSA) is 71.5 Å². The van der Waals surface area contributed by atoms with E-state index >= 15 is 0 Å². The quantitative estimate of drug-likeness (QED) is 0.885. The number of aryl methyl sites for hydroxylation is 1. The average Bonchev–Trinajstić information content (AvgIpc) is 2.77. The lowest BCUT2D eigenvalue weighted by molar-refractivity contribution is 0.0723. The first-order valence-corrected chi connectivity index (χ1v) is 8.08. The second-order valence-corrected chi connectivity index (χ2v) is 6.78. The Morgan fingerprint density at radius 3 is 2.72 bits per heavy atom. The van der Waals surface area contributed by atoms with Gasteiger partial charge in [-0.15, -0.1) is 11.3 Å². The summed E-state index contributed by atoms with van der Waals surface area (Å²) < 4.78 is 33.4. The molecule has 0 saturated carbocycles. The molecule has 6 nitrogen and oxygen atoms in total. The Labute approximate surface area is 111 Å². The van der Waals surface area contributed by atoms with Crippen LogP contribution in [0.5, 0.6) is 0 Å². The van der Waals surface area contributed by atoms with Crippen molar-refractivity contribution < 1.29 is 13.2 Å². The van der Waals surface area contributed by atoms with Gasteiger partial charge in [0.1, 0.15) is 5.01 Å². The van der Waals surface area contributed by atoms with Crippen LogP contribution in [0.15, 0.2) is 5.38 Å². The molecule has 1 aliphatic rings. The minimum absolute atomic E-state index is 0.309. The Hall–Kier alpha value is -0.540. The highest BCUT2D eigenvalue weighted by Gasteiger charge is 2.26. The molecule has 8 heteroatoms. The van der Waals surface area contributed by atoms with E-state index in [0.29, 0.717) is 26.3 Å². The smallest absolute Gasteiger partial charge is 0.280 e. The van der Waals surface area contributed by atoms with Crippen LogP contribution in [0.4, 0.5) is 0 Å². The number of hydrogen-bond acceptors (Lipinski definition) is 5. The van der Waals surface area contributed by atoms with Gasteiger partial charge in [0.15, 0.2) is 0 Å². The molecule has 0 aliphatic carbocycles. The van der Waals surface area contributed by atoms with Crippen molar-refractivity contribution in [2.24, 2.45) is 0 Å². The summed E-state index contributed by atoms with van der Waals surface area (Å²) in [5, 5.41) is 2.69. The Bertz CT molecular complexity index is 494. The number of hydrogen-bond donors (Lipinski definition) is 1. The zero-order valence-electron chi connectivity index (χ0n) is 10.4. The first kappa shape index (κ1) is 13.9. The van der Waals surface area contributed by atoms with Gasteiger partial charge < -0.3 is 4.74 Å². The maximum atomic E-state index is 12.1. The van der Waals surface area contributed by atoms with Crippen molar-refractivity contribution in [2.45, 2.75) is 19.9 Å². The van der Waals surface area contributed by atoms with Crippen molar-refractivity contribution >= 4 is 21.5 Å². The van der Waals surface area contributed by atoms with E-state index in [0.717, 1.165) is 10.7 Å². The number of aromatic nitrogens is 1. The van der Waals surface area contributed by atoms with Gasteiger partial charge in [0.05, 0.1) is 19.3 Å². The number of morpholine rings is 1. The van der Waals surface area contributed by atoms with Gasteiger partial charge in [0.2, 0.25) is 0 Å². The van der Waals surface area contributed by atoms with E-state index in [1.807, 2.05) is 12.3 Å². The molecule has 2 heterocycles. The third-order valence-electron chi connectivity index (χ3n) is 2.64. The molecule has 1 N–H and O–H groups in total. The minimum atomic E-state index is -3.45. The molecule has 1 aliphatic heterocycles. The van der Waals surface area contributed by atoms with Crippen molar-refractivity contribution in [1.82, 2.24) is 14.0 Å². The molecule has 0 aromatic carbocycles. The molecule has 0 spiro atoms. The van der Waals surface area contributed by atoms with Crippen molar-refractivity contribution in [3.63, 3.8) is 0 Å². The van der Waals surface area contributed by atoms with Gasteiger partial charge in [-0.05, 0) is 13.8 Å². The molecule has 18 heavy (non-hydrogen) atoms. The largest absolute Gasteiger partial charge is 0.379 e. The predicted molar refractivity (Wildman–Crippen MR) is 69.7 cm³/mol. The lowest BCUT2D eigenvalue weighted by atomic mass is 10.4. The van der Waals surface area contributed by atoms with Crippen molar-refractivity contribution in [3.8, 4) is 0 Å². The summed E-state index contributed by atoms with van der Waals surface area (Å²) >= 11 is 1.46. The van der Waals surface area contributed by atoms with Crippen LogP contribution in [0.2, 0.25) is 0 Å².